The number of nitrogens with one attached hydrogen (secondary N) is 1. The highest BCUT2D eigenvalue weighted by atomic mass is 16.5. The molecule has 1 amide bonds. The molecule has 0 aliphatic carbocycles. The first-order valence-electron chi connectivity index (χ1n) is 6.56. The molecule has 0 heterocycles. The van der Waals surface area contributed by atoms with Crippen LogP contribution in [-0.2, 0) is 11.3 Å². The van der Waals surface area contributed by atoms with Gasteiger partial charge < -0.3 is 20.5 Å². The molecule has 0 radical (unpaired) electrons. The minimum Gasteiger partial charge on any atom is -0.493 e. The van der Waals surface area contributed by atoms with Crippen molar-refractivity contribution in [2.24, 2.45) is 0 Å². The second kappa shape index (κ2) is 7.19. The van der Waals surface area contributed by atoms with Gasteiger partial charge in [0.15, 0.2) is 18.1 Å². The minimum atomic E-state index is -0.197. The summed E-state index contributed by atoms with van der Waals surface area (Å²) >= 11 is 0. The van der Waals surface area contributed by atoms with E-state index in [0.29, 0.717) is 23.7 Å². The van der Waals surface area contributed by atoms with Crippen molar-refractivity contribution in [2.75, 3.05) is 19.5 Å². The van der Waals surface area contributed by atoms with Crippen molar-refractivity contribution in [2.45, 2.75) is 6.54 Å². The number of rotatable bonds is 6. The Balaban J connectivity index is 1.84. The molecule has 2 rings (SSSR count). The summed E-state index contributed by atoms with van der Waals surface area (Å²) in [7, 11) is 1.52. The molecule has 0 aliphatic heterocycles. The number of benzene rings is 2. The highest BCUT2D eigenvalue weighted by Gasteiger charge is 2.07. The molecular formula is C16H18N2O3. The Morgan fingerprint density at radius 1 is 1.14 bits per heavy atom. The second-order valence-electron chi connectivity index (χ2n) is 4.46. The van der Waals surface area contributed by atoms with E-state index < -0.39 is 0 Å². The molecule has 0 saturated heterocycles. The predicted octanol–water partition coefficient (Wildman–Crippen LogP) is 1.97. The molecule has 0 atom stereocenters. The summed E-state index contributed by atoms with van der Waals surface area (Å²) in [5, 5.41) is 2.79. The number of ether oxygens (including phenoxy) is 2. The maximum atomic E-state index is 11.8. The van der Waals surface area contributed by atoms with Crippen LogP contribution in [0.1, 0.15) is 5.56 Å². The van der Waals surface area contributed by atoms with Gasteiger partial charge in [-0.1, -0.05) is 30.3 Å². The molecule has 5 nitrogen and oxygen atoms in total. The van der Waals surface area contributed by atoms with E-state index in [-0.39, 0.29) is 12.5 Å². The number of carbonyl (C=O) groups is 1. The third-order valence-corrected chi connectivity index (χ3v) is 2.88. The molecule has 110 valence electrons. The Labute approximate surface area is 123 Å². The van der Waals surface area contributed by atoms with E-state index in [1.165, 1.54) is 7.11 Å². The van der Waals surface area contributed by atoms with Crippen LogP contribution in [0.4, 0.5) is 5.69 Å². The van der Waals surface area contributed by atoms with Crippen molar-refractivity contribution < 1.29 is 14.3 Å². The van der Waals surface area contributed by atoms with Crippen LogP contribution < -0.4 is 20.5 Å². The van der Waals surface area contributed by atoms with Crippen molar-refractivity contribution in [3.8, 4) is 11.5 Å². The van der Waals surface area contributed by atoms with Gasteiger partial charge in [0.05, 0.1) is 7.11 Å². The van der Waals surface area contributed by atoms with Gasteiger partial charge in [-0.15, -0.1) is 0 Å². The zero-order valence-electron chi connectivity index (χ0n) is 11.8. The number of nitrogen functional groups attached to an aromatic ring is 1. The van der Waals surface area contributed by atoms with Crippen LogP contribution in [0.5, 0.6) is 11.5 Å². The van der Waals surface area contributed by atoms with Crippen LogP contribution in [-0.4, -0.2) is 19.6 Å². The van der Waals surface area contributed by atoms with Crippen molar-refractivity contribution in [3.05, 3.63) is 54.1 Å². The first-order chi connectivity index (χ1) is 10.2. The fourth-order valence-corrected chi connectivity index (χ4v) is 1.79. The summed E-state index contributed by atoms with van der Waals surface area (Å²) in [6.45, 7) is 0.398. The lowest BCUT2D eigenvalue weighted by molar-refractivity contribution is -0.123. The first kappa shape index (κ1) is 14.7. The third-order valence-electron chi connectivity index (χ3n) is 2.88. The summed E-state index contributed by atoms with van der Waals surface area (Å²) in [5.74, 6) is 0.796. The maximum Gasteiger partial charge on any atom is 0.258 e. The molecule has 2 aromatic rings. The van der Waals surface area contributed by atoms with E-state index in [4.69, 9.17) is 15.2 Å². The average molecular weight is 286 g/mol. The number of hydrogen-bond acceptors (Lipinski definition) is 4. The highest BCUT2D eigenvalue weighted by Crippen LogP contribution is 2.28. The molecule has 5 heteroatoms. The van der Waals surface area contributed by atoms with Gasteiger partial charge in [0.2, 0.25) is 0 Å². The minimum absolute atomic E-state index is 0.0763. The van der Waals surface area contributed by atoms with E-state index in [2.05, 4.69) is 5.32 Å². The van der Waals surface area contributed by atoms with Crippen molar-refractivity contribution >= 4 is 11.6 Å². The molecule has 0 fully saturated rings. The van der Waals surface area contributed by atoms with Crippen molar-refractivity contribution in [1.29, 1.82) is 0 Å². The smallest absolute Gasteiger partial charge is 0.258 e. The van der Waals surface area contributed by atoms with Crippen LogP contribution in [0.25, 0.3) is 0 Å². The van der Waals surface area contributed by atoms with E-state index in [1.807, 2.05) is 30.3 Å². The number of amides is 1. The summed E-state index contributed by atoms with van der Waals surface area (Å²) in [6, 6.07) is 14.7. The number of nitrogens with two attached hydrogens (primary N) is 1. The Morgan fingerprint density at radius 2 is 1.90 bits per heavy atom. The summed E-state index contributed by atoms with van der Waals surface area (Å²) in [6.07, 6.45) is 0. The van der Waals surface area contributed by atoms with Gasteiger partial charge in [0.1, 0.15) is 0 Å². The number of hydrogen-bond donors (Lipinski definition) is 2. The number of anilines is 1. The molecule has 0 aliphatic rings. The van der Waals surface area contributed by atoms with Crippen LogP contribution in [0, 0.1) is 0 Å². The normalized spacial score (nSPS) is 9.95. The lowest BCUT2D eigenvalue weighted by Gasteiger charge is -2.11. The van der Waals surface area contributed by atoms with Crippen molar-refractivity contribution in [1.82, 2.24) is 5.32 Å². The predicted molar refractivity (Wildman–Crippen MR) is 81.2 cm³/mol. The number of carbonyl (C=O) groups excluding carboxylic acids is 1. The summed E-state index contributed by atoms with van der Waals surface area (Å²) in [5.41, 5.74) is 7.27. The van der Waals surface area contributed by atoms with E-state index in [9.17, 15) is 4.79 Å². The number of methoxy groups -OCH3 is 1. The zero-order valence-corrected chi connectivity index (χ0v) is 11.8. The zero-order chi connectivity index (χ0) is 15.1. The van der Waals surface area contributed by atoms with Gasteiger partial charge >= 0.3 is 0 Å². The quantitative estimate of drug-likeness (QED) is 0.796. The van der Waals surface area contributed by atoms with Gasteiger partial charge in [0.25, 0.3) is 5.91 Å². The Morgan fingerprint density at radius 3 is 2.62 bits per heavy atom. The molecular weight excluding hydrogens is 268 g/mol. The highest BCUT2D eigenvalue weighted by molar-refractivity contribution is 5.77. The van der Waals surface area contributed by atoms with Crippen LogP contribution >= 0.6 is 0 Å². The topological polar surface area (TPSA) is 73.6 Å². The van der Waals surface area contributed by atoms with Gasteiger partial charge in [0, 0.05) is 18.3 Å². The van der Waals surface area contributed by atoms with Gasteiger partial charge in [-0.2, -0.15) is 0 Å². The van der Waals surface area contributed by atoms with Crippen LogP contribution in [0.15, 0.2) is 48.5 Å². The molecule has 0 aromatic heterocycles. The van der Waals surface area contributed by atoms with E-state index in [0.717, 1.165) is 5.56 Å². The molecule has 2 aromatic carbocycles. The molecule has 21 heavy (non-hydrogen) atoms. The lowest BCUT2D eigenvalue weighted by Crippen LogP contribution is -2.28. The average Bonchev–Trinajstić information content (AvgIpc) is 2.52. The third kappa shape index (κ3) is 4.42. The SMILES string of the molecule is COc1cc(N)ccc1OCC(=O)NCc1ccccc1. The van der Waals surface area contributed by atoms with E-state index >= 15 is 0 Å². The van der Waals surface area contributed by atoms with Crippen LogP contribution in [0.2, 0.25) is 0 Å². The molecule has 3 N–H and O–H groups in total. The molecule has 0 unspecified atom stereocenters. The standard InChI is InChI=1S/C16H18N2O3/c1-20-15-9-13(17)7-8-14(15)21-11-16(19)18-10-12-5-3-2-4-6-12/h2-9H,10-11,17H2,1H3,(H,18,19). The lowest BCUT2D eigenvalue weighted by atomic mass is 10.2. The molecule has 0 bridgehead atoms. The van der Waals surface area contributed by atoms with Gasteiger partial charge in [-0.3, -0.25) is 4.79 Å². The largest absolute Gasteiger partial charge is 0.493 e. The Bertz CT molecular complexity index is 600. The molecule has 0 spiro atoms. The summed E-state index contributed by atoms with van der Waals surface area (Å²) < 4.78 is 10.6. The Hall–Kier alpha value is -2.69. The van der Waals surface area contributed by atoms with Crippen LogP contribution in [0.3, 0.4) is 0 Å². The second-order valence-corrected chi connectivity index (χ2v) is 4.46. The monoisotopic (exact) mass is 286 g/mol. The maximum absolute atomic E-state index is 11.8. The van der Waals surface area contributed by atoms with Crippen molar-refractivity contribution in [3.63, 3.8) is 0 Å². The fourth-order valence-electron chi connectivity index (χ4n) is 1.79. The summed E-state index contributed by atoms with van der Waals surface area (Å²) in [4.78, 5) is 11.8. The van der Waals surface area contributed by atoms with Gasteiger partial charge in [-0.25, -0.2) is 0 Å². The Kier molecular flexibility index (Phi) is 5.04. The first-order valence-corrected chi connectivity index (χ1v) is 6.56. The molecule has 0 saturated carbocycles. The van der Waals surface area contributed by atoms with E-state index in [1.54, 1.807) is 18.2 Å². The fraction of sp³-hybridized carbons (Fsp3) is 0.188. The van der Waals surface area contributed by atoms with Gasteiger partial charge in [-0.05, 0) is 17.7 Å².